The summed E-state index contributed by atoms with van der Waals surface area (Å²) in [7, 11) is -3.68. The van der Waals surface area contributed by atoms with E-state index in [1.54, 1.807) is 24.3 Å². The van der Waals surface area contributed by atoms with Crippen LogP contribution >= 0.6 is 22.9 Å². The second-order valence-corrected chi connectivity index (χ2v) is 14.3. The summed E-state index contributed by atoms with van der Waals surface area (Å²) in [4.78, 5) is 30.3. The molecule has 14 heteroatoms. The predicted octanol–water partition coefficient (Wildman–Crippen LogP) is 2.19. The van der Waals surface area contributed by atoms with Gasteiger partial charge in [-0.3, -0.25) is 15.0 Å². The van der Waals surface area contributed by atoms with Crippen molar-refractivity contribution in [3.63, 3.8) is 0 Å². The number of likely N-dealkylation sites (tertiary alicyclic amines) is 1. The number of carbonyl (C=O) groups excluding carboxylic acids is 2. The van der Waals surface area contributed by atoms with Gasteiger partial charge in [0.05, 0.1) is 30.4 Å². The summed E-state index contributed by atoms with van der Waals surface area (Å²) in [6, 6.07) is 8.97. The van der Waals surface area contributed by atoms with Crippen LogP contribution in [0, 0.1) is 11.3 Å². The molecule has 42 heavy (non-hydrogen) atoms. The Morgan fingerprint density at radius 1 is 1.21 bits per heavy atom. The van der Waals surface area contributed by atoms with E-state index >= 15 is 0 Å². The van der Waals surface area contributed by atoms with Gasteiger partial charge in [0.15, 0.2) is 0 Å². The maximum Gasteiger partial charge on any atom is 0.243 e. The highest BCUT2D eigenvalue weighted by Crippen LogP contribution is 2.26. The Morgan fingerprint density at radius 2 is 1.93 bits per heavy atom. The average molecular weight is 639 g/mol. The highest BCUT2D eigenvalue weighted by atomic mass is 35.5. The fourth-order valence-electron chi connectivity index (χ4n) is 5.38. The zero-order chi connectivity index (χ0) is 30.3. The summed E-state index contributed by atoms with van der Waals surface area (Å²) >= 11 is 7.30. The fourth-order valence-corrected chi connectivity index (χ4v) is 7.05. The predicted molar refractivity (Wildman–Crippen MR) is 164 cm³/mol. The zero-order valence-corrected chi connectivity index (χ0v) is 26.0. The SMILES string of the molecule is CS(=O)(=O)N[C@H](CCC1CCNCC1)C(=O)N1C[C@H](OCc2ccc(Cl)cc2)C[C@@H]1C(=O)NCc1ccc(C(=N)N)s1. The molecule has 0 saturated carbocycles. The Labute approximate surface area is 256 Å². The van der Waals surface area contributed by atoms with Crippen LogP contribution in [0.3, 0.4) is 0 Å². The maximum atomic E-state index is 13.9. The lowest BCUT2D eigenvalue weighted by Crippen LogP contribution is -2.53. The Hall–Kier alpha value is -2.55. The zero-order valence-electron chi connectivity index (χ0n) is 23.6. The number of nitrogens with one attached hydrogen (secondary N) is 4. The smallest absolute Gasteiger partial charge is 0.243 e. The minimum absolute atomic E-state index is 0.0419. The molecular weight excluding hydrogens is 600 g/mol. The van der Waals surface area contributed by atoms with Crippen LogP contribution in [0.25, 0.3) is 0 Å². The molecule has 3 atom stereocenters. The molecule has 2 amide bonds. The number of rotatable bonds is 13. The van der Waals surface area contributed by atoms with E-state index in [2.05, 4.69) is 15.4 Å². The molecule has 0 aliphatic carbocycles. The number of amides is 2. The van der Waals surface area contributed by atoms with Gasteiger partial charge in [0.1, 0.15) is 17.9 Å². The van der Waals surface area contributed by atoms with Crippen LogP contribution in [0.15, 0.2) is 36.4 Å². The largest absolute Gasteiger partial charge is 0.383 e. The molecule has 230 valence electrons. The lowest BCUT2D eigenvalue weighted by Gasteiger charge is -2.29. The molecule has 3 heterocycles. The third-order valence-electron chi connectivity index (χ3n) is 7.59. The third kappa shape index (κ3) is 9.48. The number of sulfonamides is 1. The number of nitrogens with zero attached hydrogens (tertiary/aromatic N) is 1. The molecule has 2 saturated heterocycles. The van der Waals surface area contributed by atoms with Crippen LogP contribution in [-0.4, -0.2) is 75.0 Å². The van der Waals surface area contributed by atoms with E-state index in [0.29, 0.717) is 28.7 Å². The van der Waals surface area contributed by atoms with Gasteiger partial charge < -0.3 is 26.0 Å². The van der Waals surface area contributed by atoms with Gasteiger partial charge in [-0.1, -0.05) is 23.7 Å². The van der Waals surface area contributed by atoms with E-state index in [-0.39, 0.29) is 37.9 Å². The molecule has 1 aromatic carbocycles. The average Bonchev–Trinajstić information content (AvgIpc) is 3.61. The quantitative estimate of drug-likeness (QED) is 0.166. The number of amidine groups is 1. The summed E-state index contributed by atoms with van der Waals surface area (Å²) in [5, 5.41) is 14.4. The number of hydrogen-bond acceptors (Lipinski definition) is 8. The van der Waals surface area contributed by atoms with Crippen molar-refractivity contribution in [1.82, 2.24) is 20.3 Å². The first-order chi connectivity index (χ1) is 20.0. The van der Waals surface area contributed by atoms with Crippen LogP contribution in [0.2, 0.25) is 5.02 Å². The third-order valence-corrected chi connectivity index (χ3v) is 9.67. The summed E-state index contributed by atoms with van der Waals surface area (Å²) in [5.41, 5.74) is 6.47. The molecule has 0 radical (unpaired) electrons. The first kappa shape index (κ1) is 32.4. The Balaban J connectivity index is 1.48. The van der Waals surface area contributed by atoms with Crippen LogP contribution in [0.1, 0.15) is 47.4 Å². The first-order valence-electron chi connectivity index (χ1n) is 14.0. The molecule has 2 aliphatic heterocycles. The van der Waals surface area contributed by atoms with Gasteiger partial charge in [-0.25, -0.2) is 13.1 Å². The van der Waals surface area contributed by atoms with E-state index in [1.807, 2.05) is 12.1 Å². The van der Waals surface area contributed by atoms with E-state index in [0.717, 1.165) is 42.6 Å². The van der Waals surface area contributed by atoms with Gasteiger partial charge in [-0.2, -0.15) is 0 Å². The van der Waals surface area contributed by atoms with Gasteiger partial charge in [-0.05, 0) is 74.5 Å². The number of thiophene rings is 1. The Morgan fingerprint density at radius 3 is 2.57 bits per heavy atom. The Bertz CT molecular complexity index is 1350. The van der Waals surface area contributed by atoms with Crippen molar-refractivity contribution in [3.05, 3.63) is 56.7 Å². The van der Waals surface area contributed by atoms with E-state index < -0.39 is 34.1 Å². The van der Waals surface area contributed by atoms with Crippen molar-refractivity contribution in [3.8, 4) is 0 Å². The number of ether oxygens (including phenoxy) is 1. The van der Waals surface area contributed by atoms with Crippen LogP contribution in [0.5, 0.6) is 0 Å². The first-order valence-corrected chi connectivity index (χ1v) is 17.1. The summed E-state index contributed by atoms with van der Waals surface area (Å²) in [6.45, 7) is 2.46. The van der Waals surface area contributed by atoms with Crippen molar-refractivity contribution < 1.29 is 22.7 Å². The number of piperidine rings is 1. The molecule has 2 aromatic rings. The fraction of sp³-hybridized carbons (Fsp3) is 0.536. The van der Waals surface area contributed by atoms with Crippen LogP contribution in [0.4, 0.5) is 0 Å². The highest BCUT2D eigenvalue weighted by molar-refractivity contribution is 7.88. The van der Waals surface area contributed by atoms with Gasteiger partial charge in [0, 0.05) is 22.9 Å². The normalized spacial score (nSPS) is 20.4. The Kier molecular flexibility index (Phi) is 11.4. The molecule has 0 bridgehead atoms. The number of hydrogen-bond donors (Lipinski definition) is 5. The standard InChI is InChI=1S/C28H39ClN6O5S2/c1-42(38,39)34-23(8-4-18-10-12-32-13-11-18)28(37)35-16-21(40-17-19-2-5-20(29)6-3-19)14-24(35)27(36)33-15-22-7-9-25(41-22)26(30)31/h2-3,5-7,9,18,21,23-24,32,34H,4,8,10-17H2,1H3,(H3,30,31)(H,33,36)/t21-,23-,24-/m1/s1. The minimum atomic E-state index is -3.68. The second-order valence-electron chi connectivity index (χ2n) is 10.9. The molecular formula is C28H39ClN6O5S2. The second kappa shape index (κ2) is 14.8. The molecule has 2 aliphatic rings. The number of benzene rings is 1. The van der Waals surface area contributed by atoms with Gasteiger partial charge in [-0.15, -0.1) is 11.3 Å². The number of nitrogens with two attached hydrogens (primary N) is 1. The maximum absolute atomic E-state index is 13.9. The number of carbonyl (C=O) groups is 2. The number of nitrogen functional groups attached to an aromatic ring is 1. The molecule has 6 N–H and O–H groups in total. The van der Waals surface area contributed by atoms with E-state index in [4.69, 9.17) is 27.5 Å². The van der Waals surface area contributed by atoms with Gasteiger partial charge >= 0.3 is 0 Å². The van der Waals surface area contributed by atoms with Crippen molar-refractivity contribution in [2.45, 2.75) is 63.4 Å². The molecule has 11 nitrogen and oxygen atoms in total. The van der Waals surface area contributed by atoms with Gasteiger partial charge in [0.25, 0.3) is 0 Å². The summed E-state index contributed by atoms with van der Waals surface area (Å²) in [6.07, 6.45) is 3.90. The monoisotopic (exact) mass is 638 g/mol. The van der Waals surface area contributed by atoms with Crippen molar-refractivity contribution >= 4 is 50.6 Å². The van der Waals surface area contributed by atoms with Gasteiger partial charge in [0.2, 0.25) is 21.8 Å². The molecule has 0 unspecified atom stereocenters. The highest BCUT2D eigenvalue weighted by Gasteiger charge is 2.42. The molecule has 2 fully saturated rings. The van der Waals surface area contributed by atoms with E-state index in [1.165, 1.54) is 16.2 Å². The molecule has 1 aromatic heterocycles. The van der Waals surface area contributed by atoms with Crippen LogP contribution < -0.4 is 21.1 Å². The van der Waals surface area contributed by atoms with E-state index in [9.17, 15) is 18.0 Å². The van der Waals surface area contributed by atoms with Crippen LogP contribution in [-0.2, 0) is 37.5 Å². The summed E-state index contributed by atoms with van der Waals surface area (Å²) in [5.74, 6) is -0.418. The van der Waals surface area contributed by atoms with Crippen molar-refractivity contribution in [2.24, 2.45) is 11.7 Å². The number of halogens is 1. The van der Waals surface area contributed by atoms with Crippen molar-refractivity contribution in [1.29, 1.82) is 5.41 Å². The lowest BCUT2D eigenvalue weighted by atomic mass is 9.91. The molecule has 0 spiro atoms. The topological polar surface area (TPSA) is 167 Å². The minimum Gasteiger partial charge on any atom is -0.383 e. The summed E-state index contributed by atoms with van der Waals surface area (Å²) < 4.78 is 33.2. The van der Waals surface area contributed by atoms with Crippen molar-refractivity contribution in [2.75, 3.05) is 25.9 Å². The molecule has 4 rings (SSSR count). The lowest BCUT2D eigenvalue weighted by molar-refractivity contribution is -0.140.